The molecule has 5 heteroatoms. The van der Waals surface area contributed by atoms with Gasteiger partial charge in [0, 0.05) is 19.5 Å². The molecule has 0 spiro atoms. The summed E-state index contributed by atoms with van der Waals surface area (Å²) in [5.41, 5.74) is 0. The van der Waals surface area contributed by atoms with E-state index in [4.69, 9.17) is 0 Å². The molecule has 0 saturated carbocycles. The van der Waals surface area contributed by atoms with Crippen molar-refractivity contribution in [3.8, 4) is 0 Å². The van der Waals surface area contributed by atoms with Gasteiger partial charge in [-0.1, -0.05) is 6.92 Å². The molecule has 5 nitrogen and oxygen atoms in total. The fraction of sp³-hybridized carbons (Fsp3) is 0.800. The maximum Gasteiger partial charge on any atom is 0.237 e. The molecule has 86 valence electrons. The van der Waals surface area contributed by atoms with E-state index in [0.717, 1.165) is 19.4 Å². The molecule has 0 aromatic rings. The summed E-state index contributed by atoms with van der Waals surface area (Å²) in [6.45, 7) is 4.04. The van der Waals surface area contributed by atoms with Crippen LogP contribution in [0.2, 0.25) is 0 Å². The Kier molecular flexibility index (Phi) is 5.10. The van der Waals surface area contributed by atoms with Gasteiger partial charge in [0.25, 0.3) is 0 Å². The molecule has 0 radical (unpaired) electrons. The Balaban J connectivity index is 1.99. The van der Waals surface area contributed by atoms with Crippen LogP contribution in [0.3, 0.4) is 0 Å². The number of carbonyl (C=O) groups is 2. The number of hydrogen-bond acceptors (Lipinski definition) is 3. The van der Waals surface area contributed by atoms with Crippen molar-refractivity contribution in [1.29, 1.82) is 0 Å². The van der Waals surface area contributed by atoms with Crippen LogP contribution in [0, 0.1) is 0 Å². The Morgan fingerprint density at radius 1 is 1.33 bits per heavy atom. The first-order valence-corrected chi connectivity index (χ1v) is 5.52. The molecule has 2 amide bonds. The predicted octanol–water partition coefficient (Wildman–Crippen LogP) is -0.619. The highest BCUT2D eigenvalue weighted by Gasteiger charge is 2.23. The summed E-state index contributed by atoms with van der Waals surface area (Å²) >= 11 is 0. The van der Waals surface area contributed by atoms with Crippen LogP contribution in [0.5, 0.6) is 0 Å². The van der Waals surface area contributed by atoms with Crippen LogP contribution < -0.4 is 16.0 Å². The van der Waals surface area contributed by atoms with Gasteiger partial charge in [-0.25, -0.2) is 0 Å². The smallest absolute Gasteiger partial charge is 0.237 e. The Morgan fingerprint density at radius 2 is 2.07 bits per heavy atom. The average Bonchev–Trinajstić information content (AvgIpc) is 2.12. The highest BCUT2D eigenvalue weighted by Crippen LogP contribution is 2.00. The standard InChI is InChI=1S/C10H19N3O2/c1-2-5-12-9(14)4-7-13-10(15)8-3-6-11-8/h8,11H,2-7H2,1H3,(H,12,14)(H,13,15)/t8-/m1/s1. The Hall–Kier alpha value is -1.10. The third-order valence-corrected chi connectivity index (χ3v) is 2.36. The molecule has 1 rings (SSSR count). The van der Waals surface area contributed by atoms with Gasteiger partial charge in [-0.15, -0.1) is 0 Å². The molecule has 0 bridgehead atoms. The Bertz CT molecular complexity index is 227. The average molecular weight is 213 g/mol. The summed E-state index contributed by atoms with van der Waals surface area (Å²) in [7, 11) is 0. The molecule has 1 saturated heterocycles. The van der Waals surface area contributed by atoms with E-state index in [1.807, 2.05) is 6.92 Å². The van der Waals surface area contributed by atoms with Crippen molar-refractivity contribution in [3.05, 3.63) is 0 Å². The minimum absolute atomic E-state index is 0.00119. The van der Waals surface area contributed by atoms with Crippen LogP contribution >= 0.6 is 0 Å². The number of rotatable bonds is 6. The Morgan fingerprint density at radius 3 is 2.60 bits per heavy atom. The van der Waals surface area contributed by atoms with Crippen LogP contribution in [0.4, 0.5) is 0 Å². The monoisotopic (exact) mass is 213 g/mol. The topological polar surface area (TPSA) is 70.2 Å². The van der Waals surface area contributed by atoms with Gasteiger partial charge in [0.2, 0.25) is 11.8 Å². The van der Waals surface area contributed by atoms with Crippen molar-refractivity contribution in [1.82, 2.24) is 16.0 Å². The molecule has 0 aromatic heterocycles. The molecule has 0 aliphatic carbocycles. The molecular weight excluding hydrogens is 194 g/mol. The molecule has 3 N–H and O–H groups in total. The van der Waals surface area contributed by atoms with Crippen LogP contribution in [0.1, 0.15) is 26.2 Å². The van der Waals surface area contributed by atoms with Gasteiger partial charge >= 0.3 is 0 Å². The molecule has 1 fully saturated rings. The number of carbonyl (C=O) groups excluding carboxylic acids is 2. The minimum atomic E-state index is -0.0382. The lowest BCUT2D eigenvalue weighted by Gasteiger charge is -2.26. The van der Waals surface area contributed by atoms with E-state index in [0.29, 0.717) is 19.5 Å². The maximum atomic E-state index is 11.3. The summed E-state index contributed by atoms with van der Waals surface area (Å²) in [5, 5.41) is 8.49. The number of nitrogens with one attached hydrogen (secondary N) is 3. The summed E-state index contributed by atoms with van der Waals surface area (Å²) in [5.74, 6) is 0.00302. The van der Waals surface area contributed by atoms with Crippen LogP contribution in [-0.4, -0.2) is 37.5 Å². The molecule has 0 aromatic carbocycles. The van der Waals surface area contributed by atoms with Crippen LogP contribution in [-0.2, 0) is 9.59 Å². The maximum absolute atomic E-state index is 11.3. The molecule has 1 heterocycles. The second-order valence-corrected chi connectivity index (χ2v) is 3.69. The fourth-order valence-corrected chi connectivity index (χ4v) is 1.29. The van der Waals surface area contributed by atoms with Crippen molar-refractivity contribution in [2.45, 2.75) is 32.2 Å². The highest BCUT2D eigenvalue weighted by atomic mass is 16.2. The summed E-state index contributed by atoms with van der Waals surface area (Å²) in [6.07, 6.45) is 2.19. The molecule has 1 atom stereocenters. The minimum Gasteiger partial charge on any atom is -0.356 e. The lowest BCUT2D eigenvalue weighted by Crippen LogP contribution is -2.53. The van der Waals surface area contributed by atoms with Crippen molar-refractivity contribution < 1.29 is 9.59 Å². The lowest BCUT2D eigenvalue weighted by atomic mass is 10.1. The van der Waals surface area contributed by atoms with E-state index in [9.17, 15) is 9.59 Å². The molecule has 1 aliphatic heterocycles. The summed E-state index contributed by atoms with van der Waals surface area (Å²) < 4.78 is 0. The van der Waals surface area contributed by atoms with Gasteiger partial charge in [-0.2, -0.15) is 0 Å². The van der Waals surface area contributed by atoms with E-state index < -0.39 is 0 Å². The summed E-state index contributed by atoms with van der Waals surface area (Å²) in [4.78, 5) is 22.5. The van der Waals surface area contributed by atoms with Gasteiger partial charge in [0.05, 0.1) is 6.04 Å². The highest BCUT2D eigenvalue weighted by molar-refractivity contribution is 5.83. The molecule has 0 unspecified atom stereocenters. The first-order chi connectivity index (χ1) is 7.24. The quantitative estimate of drug-likeness (QED) is 0.551. The van der Waals surface area contributed by atoms with E-state index in [-0.39, 0.29) is 17.9 Å². The van der Waals surface area contributed by atoms with Crippen molar-refractivity contribution in [2.75, 3.05) is 19.6 Å². The largest absolute Gasteiger partial charge is 0.356 e. The van der Waals surface area contributed by atoms with E-state index in [1.165, 1.54) is 0 Å². The fourth-order valence-electron chi connectivity index (χ4n) is 1.29. The number of hydrogen-bond donors (Lipinski definition) is 3. The molecular formula is C10H19N3O2. The zero-order valence-corrected chi connectivity index (χ0v) is 9.14. The molecule has 15 heavy (non-hydrogen) atoms. The van der Waals surface area contributed by atoms with E-state index in [2.05, 4.69) is 16.0 Å². The zero-order valence-electron chi connectivity index (χ0n) is 9.14. The number of amides is 2. The summed E-state index contributed by atoms with van der Waals surface area (Å²) in [6, 6.07) is -0.0382. The Labute approximate surface area is 90.0 Å². The third-order valence-electron chi connectivity index (χ3n) is 2.36. The van der Waals surface area contributed by atoms with Crippen LogP contribution in [0.15, 0.2) is 0 Å². The van der Waals surface area contributed by atoms with Crippen molar-refractivity contribution in [2.24, 2.45) is 0 Å². The first-order valence-electron chi connectivity index (χ1n) is 5.52. The second kappa shape index (κ2) is 6.40. The van der Waals surface area contributed by atoms with Crippen LogP contribution in [0.25, 0.3) is 0 Å². The van der Waals surface area contributed by atoms with E-state index in [1.54, 1.807) is 0 Å². The zero-order chi connectivity index (χ0) is 11.1. The first kappa shape index (κ1) is 12.0. The van der Waals surface area contributed by atoms with E-state index >= 15 is 0 Å². The van der Waals surface area contributed by atoms with Gasteiger partial charge in [0.1, 0.15) is 0 Å². The predicted molar refractivity (Wildman–Crippen MR) is 57.3 cm³/mol. The third kappa shape index (κ3) is 4.29. The van der Waals surface area contributed by atoms with Crippen molar-refractivity contribution >= 4 is 11.8 Å². The lowest BCUT2D eigenvalue weighted by molar-refractivity contribution is -0.125. The normalized spacial score (nSPS) is 19.1. The molecule has 1 aliphatic rings. The van der Waals surface area contributed by atoms with Gasteiger partial charge in [-0.3, -0.25) is 9.59 Å². The SMILES string of the molecule is CCCNC(=O)CCNC(=O)[C@H]1CCN1. The van der Waals surface area contributed by atoms with Gasteiger partial charge in [0.15, 0.2) is 0 Å². The van der Waals surface area contributed by atoms with Crippen molar-refractivity contribution in [3.63, 3.8) is 0 Å². The second-order valence-electron chi connectivity index (χ2n) is 3.69. The van der Waals surface area contributed by atoms with Gasteiger partial charge < -0.3 is 16.0 Å². The van der Waals surface area contributed by atoms with Gasteiger partial charge in [-0.05, 0) is 19.4 Å².